The van der Waals surface area contributed by atoms with E-state index in [2.05, 4.69) is 15.9 Å². The van der Waals surface area contributed by atoms with Crippen molar-refractivity contribution in [1.29, 1.82) is 5.26 Å². The van der Waals surface area contributed by atoms with Gasteiger partial charge >= 0.3 is 0 Å². The molecule has 0 aliphatic heterocycles. The lowest BCUT2D eigenvalue weighted by atomic mass is 10.3. The smallest absolute Gasteiger partial charge is 0.265 e. The van der Waals surface area contributed by atoms with Gasteiger partial charge in [0, 0.05) is 10.2 Å². The topological polar surface area (TPSA) is 53.3 Å². The lowest BCUT2D eigenvalue weighted by Crippen LogP contribution is -2.35. The van der Waals surface area contributed by atoms with Crippen LogP contribution in [0.1, 0.15) is 0 Å². The molecule has 0 heterocycles. The lowest BCUT2D eigenvalue weighted by molar-refractivity contribution is -0.120. The van der Waals surface area contributed by atoms with Crippen LogP contribution in [0.5, 0.6) is 5.75 Å². The number of nitrogens with zero attached hydrogens (tertiary/aromatic N) is 2. The third kappa shape index (κ3) is 4.23. The summed E-state index contributed by atoms with van der Waals surface area (Å²) in [6, 6.07) is 16.1. The number of amides is 1. The molecule has 2 rings (SSSR count). The zero-order valence-electron chi connectivity index (χ0n) is 11.5. The molecule has 1 amide bonds. The van der Waals surface area contributed by atoms with E-state index in [-0.39, 0.29) is 19.1 Å². The zero-order valence-corrected chi connectivity index (χ0v) is 13.8. The van der Waals surface area contributed by atoms with Crippen molar-refractivity contribution < 1.29 is 9.53 Å². The van der Waals surface area contributed by atoms with Crippen molar-refractivity contribution >= 4 is 39.1 Å². The van der Waals surface area contributed by atoms with Crippen LogP contribution in [0.15, 0.2) is 53.0 Å². The van der Waals surface area contributed by atoms with Crippen molar-refractivity contribution in [3.05, 3.63) is 58.0 Å². The predicted octanol–water partition coefficient (Wildman–Crippen LogP) is 4.04. The van der Waals surface area contributed by atoms with E-state index < -0.39 is 0 Å². The molecule has 0 saturated heterocycles. The summed E-state index contributed by atoms with van der Waals surface area (Å²) < 4.78 is 6.27. The summed E-state index contributed by atoms with van der Waals surface area (Å²) >= 11 is 9.34. The number of hydrogen-bond acceptors (Lipinski definition) is 3. The van der Waals surface area contributed by atoms with Crippen LogP contribution < -0.4 is 9.64 Å². The molecule has 0 spiro atoms. The molecule has 0 aromatic heterocycles. The second-order valence-corrected chi connectivity index (χ2v) is 5.66. The van der Waals surface area contributed by atoms with Gasteiger partial charge in [-0.05, 0) is 30.3 Å². The molecule has 22 heavy (non-hydrogen) atoms. The number of carbonyl (C=O) groups excluding carboxylic acids is 1. The number of rotatable bonds is 5. The number of anilines is 1. The van der Waals surface area contributed by atoms with Crippen LogP contribution in [0, 0.1) is 11.3 Å². The van der Waals surface area contributed by atoms with Crippen LogP contribution >= 0.6 is 27.5 Å². The van der Waals surface area contributed by atoms with Gasteiger partial charge in [-0.2, -0.15) is 5.26 Å². The molecule has 0 aliphatic rings. The minimum atomic E-state index is -0.313. The first kappa shape index (κ1) is 16.3. The summed E-state index contributed by atoms with van der Waals surface area (Å²) in [5.41, 5.74) is 0.652. The number of para-hydroxylation sites is 1. The van der Waals surface area contributed by atoms with Crippen molar-refractivity contribution in [1.82, 2.24) is 0 Å². The number of hydrogen-bond donors (Lipinski definition) is 0. The monoisotopic (exact) mass is 378 g/mol. The van der Waals surface area contributed by atoms with Gasteiger partial charge in [-0.3, -0.25) is 9.69 Å². The molecule has 0 fully saturated rings. The van der Waals surface area contributed by atoms with E-state index >= 15 is 0 Å². The minimum absolute atomic E-state index is 0.0414. The van der Waals surface area contributed by atoms with Gasteiger partial charge in [-0.15, -0.1) is 0 Å². The fourth-order valence-corrected chi connectivity index (χ4v) is 2.54. The van der Waals surface area contributed by atoms with Crippen LogP contribution in [0.3, 0.4) is 0 Å². The molecule has 112 valence electrons. The van der Waals surface area contributed by atoms with E-state index in [9.17, 15) is 4.79 Å². The molecule has 2 aromatic carbocycles. The highest BCUT2D eigenvalue weighted by Gasteiger charge is 2.16. The minimum Gasteiger partial charge on any atom is -0.482 e. The Morgan fingerprint density at radius 1 is 1.27 bits per heavy atom. The second-order valence-electron chi connectivity index (χ2n) is 4.34. The van der Waals surface area contributed by atoms with Crippen LogP contribution in [-0.2, 0) is 4.79 Å². The summed E-state index contributed by atoms with van der Waals surface area (Å²) in [5, 5.41) is 9.31. The molecule has 0 unspecified atom stereocenters. The molecular weight excluding hydrogens is 368 g/mol. The molecule has 0 N–H and O–H groups in total. The van der Waals surface area contributed by atoms with E-state index in [1.54, 1.807) is 42.5 Å². The molecule has 0 bridgehead atoms. The molecule has 0 aliphatic carbocycles. The van der Waals surface area contributed by atoms with Gasteiger partial charge in [-0.25, -0.2) is 0 Å². The molecule has 2 aromatic rings. The average Bonchev–Trinajstić information content (AvgIpc) is 2.52. The number of ether oxygens (including phenoxy) is 1. The van der Waals surface area contributed by atoms with Crippen LogP contribution in [0.2, 0.25) is 5.02 Å². The number of nitriles is 1. The predicted molar refractivity (Wildman–Crippen MR) is 89.1 cm³/mol. The van der Waals surface area contributed by atoms with Gasteiger partial charge in [0.1, 0.15) is 12.3 Å². The Kier molecular flexibility index (Phi) is 5.82. The Balaban J connectivity index is 2.07. The first-order chi connectivity index (χ1) is 10.6. The average molecular weight is 380 g/mol. The zero-order chi connectivity index (χ0) is 15.9. The van der Waals surface area contributed by atoms with Crippen LogP contribution in [-0.4, -0.2) is 19.1 Å². The van der Waals surface area contributed by atoms with Gasteiger partial charge in [0.2, 0.25) is 0 Å². The van der Waals surface area contributed by atoms with Crippen LogP contribution in [0.25, 0.3) is 0 Å². The standard InChI is InChI=1S/C16H12BrClN2O2/c17-12-6-7-15(14(18)10-12)22-11-16(21)20(9-8-19)13-4-2-1-3-5-13/h1-7,10H,9,11H2. The first-order valence-corrected chi connectivity index (χ1v) is 7.59. The highest BCUT2D eigenvalue weighted by Crippen LogP contribution is 2.27. The number of benzene rings is 2. The first-order valence-electron chi connectivity index (χ1n) is 6.42. The molecular formula is C16H12BrClN2O2. The van der Waals surface area contributed by atoms with E-state index in [1.165, 1.54) is 4.90 Å². The van der Waals surface area contributed by atoms with E-state index in [0.717, 1.165) is 4.47 Å². The fraction of sp³-hybridized carbons (Fsp3) is 0.125. The van der Waals surface area contributed by atoms with Crippen molar-refractivity contribution in [2.24, 2.45) is 0 Å². The maximum atomic E-state index is 12.3. The third-order valence-corrected chi connectivity index (χ3v) is 3.63. The summed E-state index contributed by atoms with van der Waals surface area (Å²) in [7, 11) is 0. The number of carbonyl (C=O) groups is 1. The highest BCUT2D eigenvalue weighted by atomic mass is 79.9. The molecule has 0 radical (unpaired) electrons. The van der Waals surface area contributed by atoms with E-state index in [4.69, 9.17) is 21.6 Å². The van der Waals surface area contributed by atoms with Gasteiger partial charge in [0.05, 0.1) is 11.1 Å². The van der Waals surface area contributed by atoms with Gasteiger partial charge < -0.3 is 4.74 Å². The third-order valence-electron chi connectivity index (χ3n) is 2.84. The SMILES string of the molecule is N#CCN(C(=O)COc1ccc(Br)cc1Cl)c1ccccc1. The Morgan fingerprint density at radius 2 is 2.00 bits per heavy atom. The summed E-state index contributed by atoms with van der Waals surface area (Å²) in [4.78, 5) is 13.7. The van der Waals surface area contributed by atoms with Gasteiger partial charge in [0.25, 0.3) is 5.91 Å². The Morgan fingerprint density at radius 3 is 2.64 bits per heavy atom. The molecule has 4 nitrogen and oxygen atoms in total. The number of halogens is 2. The summed E-state index contributed by atoms with van der Waals surface area (Å²) in [6.07, 6.45) is 0. The van der Waals surface area contributed by atoms with Crippen molar-refractivity contribution in [2.75, 3.05) is 18.1 Å². The Bertz CT molecular complexity index is 701. The maximum absolute atomic E-state index is 12.3. The normalized spacial score (nSPS) is 9.86. The molecule has 0 atom stereocenters. The Hall–Kier alpha value is -2.03. The van der Waals surface area contributed by atoms with E-state index in [0.29, 0.717) is 16.5 Å². The Labute approximate surface area is 142 Å². The highest BCUT2D eigenvalue weighted by molar-refractivity contribution is 9.10. The van der Waals surface area contributed by atoms with Crippen molar-refractivity contribution in [2.45, 2.75) is 0 Å². The quantitative estimate of drug-likeness (QED) is 0.737. The van der Waals surface area contributed by atoms with E-state index in [1.807, 2.05) is 12.1 Å². The largest absolute Gasteiger partial charge is 0.482 e. The van der Waals surface area contributed by atoms with Crippen LogP contribution in [0.4, 0.5) is 5.69 Å². The fourth-order valence-electron chi connectivity index (χ4n) is 1.81. The molecule has 6 heteroatoms. The van der Waals surface area contributed by atoms with Gasteiger partial charge in [0.15, 0.2) is 6.61 Å². The maximum Gasteiger partial charge on any atom is 0.265 e. The van der Waals surface area contributed by atoms with Gasteiger partial charge in [-0.1, -0.05) is 45.7 Å². The lowest BCUT2D eigenvalue weighted by Gasteiger charge is -2.20. The van der Waals surface area contributed by atoms with Crippen molar-refractivity contribution in [3.63, 3.8) is 0 Å². The summed E-state index contributed by atoms with van der Waals surface area (Å²) in [5.74, 6) is 0.106. The molecule has 0 saturated carbocycles. The second kappa shape index (κ2) is 7.83. The summed E-state index contributed by atoms with van der Waals surface area (Å²) in [6.45, 7) is -0.238. The van der Waals surface area contributed by atoms with Crippen molar-refractivity contribution in [3.8, 4) is 11.8 Å².